The second kappa shape index (κ2) is 9.15. The summed E-state index contributed by atoms with van der Waals surface area (Å²) >= 11 is 0. The van der Waals surface area contributed by atoms with Crippen molar-refractivity contribution < 1.29 is 30.8 Å². The molecule has 4 rings (SSSR count). The highest BCUT2D eigenvalue weighted by atomic mass is 32.2. The second-order valence-corrected chi connectivity index (χ2v) is 9.78. The van der Waals surface area contributed by atoms with Crippen LogP contribution in [0.15, 0.2) is 66.0 Å². The number of alkyl halides is 3. The molecule has 2 aromatic heterocycles. The van der Waals surface area contributed by atoms with Gasteiger partial charge in [0.05, 0.1) is 28.2 Å². The number of carbonyl (C=O) groups excluding carboxylic acids is 1. The minimum absolute atomic E-state index is 0.145. The van der Waals surface area contributed by atoms with Crippen LogP contribution in [0.25, 0.3) is 10.9 Å². The van der Waals surface area contributed by atoms with E-state index in [4.69, 9.17) is 5.73 Å². The van der Waals surface area contributed by atoms with E-state index in [2.05, 4.69) is 15.0 Å². The Morgan fingerprint density at radius 2 is 1.83 bits per heavy atom. The number of rotatable bonds is 5. The number of anilines is 2. The van der Waals surface area contributed by atoms with Crippen LogP contribution in [-0.4, -0.2) is 35.5 Å². The van der Waals surface area contributed by atoms with Gasteiger partial charge in [-0.3, -0.25) is 4.79 Å². The number of carbonyl (C=O) groups is 1. The molecule has 0 saturated carbocycles. The summed E-state index contributed by atoms with van der Waals surface area (Å²) < 4.78 is 79.5. The maximum absolute atomic E-state index is 13.8. The van der Waals surface area contributed by atoms with E-state index >= 15 is 0 Å². The standard InChI is InChI=1S/C23H17F4N5O3S/c1-36(34,35)19-5-3-2-4-18(19)32(22(33)15-10-29-12-30-20(15)23(25,26)27)11-13-6-7-14-9-16(24)21(28)31-17(14)8-13/h2-10,12H,11H2,1H3,(H2,28,31). The Kier molecular flexibility index (Phi) is 6.35. The molecule has 0 aliphatic heterocycles. The third kappa shape index (κ3) is 4.96. The molecule has 0 bridgehead atoms. The lowest BCUT2D eigenvalue weighted by molar-refractivity contribution is -0.141. The molecule has 36 heavy (non-hydrogen) atoms. The van der Waals surface area contributed by atoms with E-state index in [1.165, 1.54) is 48.5 Å². The van der Waals surface area contributed by atoms with Gasteiger partial charge >= 0.3 is 6.18 Å². The van der Waals surface area contributed by atoms with Crippen molar-refractivity contribution in [3.05, 3.63) is 83.7 Å². The van der Waals surface area contributed by atoms with Crippen LogP contribution in [0, 0.1) is 5.82 Å². The zero-order valence-corrected chi connectivity index (χ0v) is 19.3. The molecule has 0 fully saturated rings. The second-order valence-electron chi connectivity index (χ2n) is 7.80. The highest BCUT2D eigenvalue weighted by Crippen LogP contribution is 2.33. The molecule has 2 heterocycles. The smallest absolute Gasteiger partial charge is 0.381 e. The summed E-state index contributed by atoms with van der Waals surface area (Å²) in [4.78, 5) is 24.9. The highest BCUT2D eigenvalue weighted by Gasteiger charge is 2.39. The van der Waals surface area contributed by atoms with Crippen molar-refractivity contribution in [1.29, 1.82) is 0 Å². The highest BCUT2D eigenvalue weighted by molar-refractivity contribution is 7.90. The average Bonchev–Trinajstić information content (AvgIpc) is 2.82. The molecule has 0 aliphatic rings. The third-order valence-corrected chi connectivity index (χ3v) is 6.36. The number of nitrogens with two attached hydrogens (primary N) is 1. The molecular weight excluding hydrogens is 502 g/mol. The number of para-hydroxylation sites is 1. The number of halogens is 4. The summed E-state index contributed by atoms with van der Waals surface area (Å²) in [5.41, 5.74) is 3.70. The monoisotopic (exact) mass is 519 g/mol. The molecule has 0 saturated heterocycles. The first-order valence-corrected chi connectivity index (χ1v) is 12.1. The number of nitrogen functional groups attached to an aromatic ring is 1. The van der Waals surface area contributed by atoms with Gasteiger partial charge in [-0.2, -0.15) is 13.2 Å². The summed E-state index contributed by atoms with van der Waals surface area (Å²) in [6.45, 7) is -0.355. The Morgan fingerprint density at radius 1 is 1.11 bits per heavy atom. The van der Waals surface area contributed by atoms with Crippen molar-refractivity contribution in [2.75, 3.05) is 16.9 Å². The number of aromatic nitrogens is 3. The van der Waals surface area contributed by atoms with Crippen molar-refractivity contribution in [3.8, 4) is 0 Å². The molecule has 2 aromatic carbocycles. The lowest BCUT2D eigenvalue weighted by atomic mass is 10.1. The lowest BCUT2D eigenvalue weighted by Crippen LogP contribution is -2.33. The van der Waals surface area contributed by atoms with E-state index in [-0.39, 0.29) is 28.5 Å². The van der Waals surface area contributed by atoms with E-state index in [1.807, 2.05) is 0 Å². The van der Waals surface area contributed by atoms with Gasteiger partial charge in [-0.1, -0.05) is 24.3 Å². The average molecular weight is 519 g/mol. The quantitative estimate of drug-likeness (QED) is 0.396. The minimum atomic E-state index is -4.97. The van der Waals surface area contributed by atoms with Crippen molar-refractivity contribution in [1.82, 2.24) is 15.0 Å². The summed E-state index contributed by atoms with van der Waals surface area (Å²) in [6, 6.07) is 11.1. The van der Waals surface area contributed by atoms with Gasteiger partial charge in [-0.25, -0.2) is 27.8 Å². The predicted molar refractivity (Wildman–Crippen MR) is 123 cm³/mol. The predicted octanol–water partition coefficient (Wildman–Crippen LogP) is 4.02. The van der Waals surface area contributed by atoms with Crippen LogP contribution in [0.2, 0.25) is 0 Å². The van der Waals surface area contributed by atoms with E-state index in [1.54, 1.807) is 0 Å². The number of fused-ring (bicyclic) bond motifs is 1. The molecule has 0 unspecified atom stereocenters. The number of amides is 1. The number of pyridine rings is 1. The van der Waals surface area contributed by atoms with Crippen molar-refractivity contribution in [2.24, 2.45) is 0 Å². The Bertz CT molecular complexity index is 1590. The van der Waals surface area contributed by atoms with E-state index in [0.29, 0.717) is 17.3 Å². The molecule has 0 atom stereocenters. The summed E-state index contributed by atoms with van der Waals surface area (Å²) in [5, 5.41) is 0.399. The van der Waals surface area contributed by atoms with Crippen LogP contribution in [0.3, 0.4) is 0 Å². The van der Waals surface area contributed by atoms with Gasteiger partial charge in [-0.15, -0.1) is 0 Å². The third-order valence-electron chi connectivity index (χ3n) is 5.22. The van der Waals surface area contributed by atoms with Gasteiger partial charge < -0.3 is 10.6 Å². The Morgan fingerprint density at radius 3 is 2.53 bits per heavy atom. The van der Waals surface area contributed by atoms with Crippen LogP contribution in [-0.2, 0) is 22.6 Å². The Balaban J connectivity index is 1.89. The van der Waals surface area contributed by atoms with Crippen molar-refractivity contribution in [2.45, 2.75) is 17.6 Å². The molecule has 0 aliphatic carbocycles. The molecule has 4 aromatic rings. The summed E-state index contributed by atoms with van der Waals surface area (Å²) in [6.07, 6.45) is -2.67. The maximum atomic E-state index is 13.8. The largest absolute Gasteiger partial charge is 0.434 e. The van der Waals surface area contributed by atoms with Gasteiger partial charge in [0.15, 0.2) is 27.2 Å². The van der Waals surface area contributed by atoms with E-state index in [0.717, 1.165) is 17.4 Å². The molecular formula is C23H17F4N5O3S. The Labute approximate surface area is 202 Å². The number of benzene rings is 2. The molecule has 13 heteroatoms. The summed E-state index contributed by atoms with van der Waals surface area (Å²) in [7, 11) is -3.89. The zero-order chi connectivity index (χ0) is 26.3. The van der Waals surface area contributed by atoms with Gasteiger partial charge in [-0.05, 0) is 29.8 Å². The lowest BCUT2D eigenvalue weighted by Gasteiger charge is -2.26. The number of hydrogen-bond acceptors (Lipinski definition) is 7. The van der Waals surface area contributed by atoms with Crippen LogP contribution < -0.4 is 10.6 Å². The molecule has 186 valence electrons. The SMILES string of the molecule is CS(=O)(=O)c1ccccc1N(Cc1ccc2cc(F)c(N)nc2c1)C(=O)c1cncnc1C(F)(F)F. The first-order chi connectivity index (χ1) is 16.9. The van der Waals surface area contributed by atoms with Crippen LogP contribution in [0.1, 0.15) is 21.6 Å². The van der Waals surface area contributed by atoms with Gasteiger partial charge in [0.25, 0.3) is 5.91 Å². The molecule has 0 spiro atoms. The number of hydrogen-bond donors (Lipinski definition) is 1. The fourth-order valence-corrected chi connectivity index (χ4v) is 4.48. The summed E-state index contributed by atoms with van der Waals surface area (Å²) in [5.74, 6) is -2.25. The van der Waals surface area contributed by atoms with Gasteiger partial charge in [0.1, 0.15) is 6.33 Å². The first-order valence-electron chi connectivity index (χ1n) is 10.2. The van der Waals surface area contributed by atoms with Crippen LogP contribution >= 0.6 is 0 Å². The van der Waals surface area contributed by atoms with Gasteiger partial charge in [0.2, 0.25) is 0 Å². The maximum Gasteiger partial charge on any atom is 0.434 e. The molecule has 1 amide bonds. The van der Waals surface area contributed by atoms with E-state index in [9.17, 15) is 30.8 Å². The fraction of sp³-hybridized carbons (Fsp3) is 0.130. The number of sulfone groups is 1. The minimum Gasteiger partial charge on any atom is -0.381 e. The molecule has 8 nitrogen and oxygen atoms in total. The van der Waals surface area contributed by atoms with Gasteiger partial charge in [0, 0.05) is 17.8 Å². The normalized spacial score (nSPS) is 12.0. The van der Waals surface area contributed by atoms with Crippen LogP contribution in [0.4, 0.5) is 29.1 Å². The van der Waals surface area contributed by atoms with Crippen molar-refractivity contribution in [3.63, 3.8) is 0 Å². The van der Waals surface area contributed by atoms with Crippen LogP contribution in [0.5, 0.6) is 0 Å². The first kappa shape index (κ1) is 25.0. The molecule has 2 N–H and O–H groups in total. The topological polar surface area (TPSA) is 119 Å². The zero-order valence-electron chi connectivity index (χ0n) is 18.5. The van der Waals surface area contributed by atoms with Crippen molar-refractivity contribution >= 4 is 38.2 Å². The Hall–Kier alpha value is -4.13. The number of nitrogens with zero attached hydrogens (tertiary/aromatic N) is 4. The van der Waals surface area contributed by atoms with E-state index < -0.39 is 39.0 Å². The fourth-order valence-electron chi connectivity index (χ4n) is 3.60. The molecule has 0 radical (unpaired) electrons.